The summed E-state index contributed by atoms with van der Waals surface area (Å²) < 4.78 is 5.49. The third-order valence-electron chi connectivity index (χ3n) is 3.37. The van der Waals surface area contributed by atoms with Gasteiger partial charge in [-0.15, -0.1) is 0 Å². The molecule has 0 atom stereocenters. The van der Waals surface area contributed by atoms with Gasteiger partial charge in [-0.25, -0.2) is 0 Å². The molecule has 0 unspecified atom stereocenters. The van der Waals surface area contributed by atoms with E-state index in [2.05, 4.69) is 24.4 Å². The van der Waals surface area contributed by atoms with E-state index < -0.39 is 0 Å². The van der Waals surface area contributed by atoms with Crippen molar-refractivity contribution in [2.24, 2.45) is 0 Å². The molecule has 0 fully saturated rings. The Morgan fingerprint density at radius 3 is 3.07 bits per heavy atom. The first kappa shape index (κ1) is 8.98. The SMILES string of the molecule is Cc1c2c(cc3occc13)CCNCC2. The topological polar surface area (TPSA) is 25.2 Å². The van der Waals surface area contributed by atoms with Gasteiger partial charge < -0.3 is 9.73 Å². The van der Waals surface area contributed by atoms with E-state index in [1.807, 2.05) is 0 Å². The molecule has 3 rings (SSSR count). The van der Waals surface area contributed by atoms with Crippen LogP contribution in [0.1, 0.15) is 16.7 Å². The second-order valence-corrected chi connectivity index (χ2v) is 4.22. The van der Waals surface area contributed by atoms with Gasteiger partial charge in [0, 0.05) is 5.39 Å². The maximum absolute atomic E-state index is 5.49. The molecule has 0 saturated heterocycles. The van der Waals surface area contributed by atoms with Crippen LogP contribution in [0.4, 0.5) is 0 Å². The summed E-state index contributed by atoms with van der Waals surface area (Å²) in [6.07, 6.45) is 4.05. The van der Waals surface area contributed by atoms with Crippen LogP contribution in [0.3, 0.4) is 0 Å². The molecule has 2 nitrogen and oxygen atoms in total. The van der Waals surface area contributed by atoms with Gasteiger partial charge in [0.15, 0.2) is 0 Å². The minimum Gasteiger partial charge on any atom is -0.464 e. The molecule has 1 aromatic heterocycles. The molecule has 2 aromatic rings. The van der Waals surface area contributed by atoms with Crippen LogP contribution < -0.4 is 5.32 Å². The van der Waals surface area contributed by atoms with Crippen LogP contribution >= 0.6 is 0 Å². The Morgan fingerprint density at radius 2 is 2.13 bits per heavy atom. The highest BCUT2D eigenvalue weighted by Crippen LogP contribution is 2.27. The van der Waals surface area contributed by atoms with E-state index in [0.717, 1.165) is 31.5 Å². The van der Waals surface area contributed by atoms with E-state index in [9.17, 15) is 0 Å². The molecular formula is C13H15NO. The van der Waals surface area contributed by atoms with E-state index in [-0.39, 0.29) is 0 Å². The summed E-state index contributed by atoms with van der Waals surface area (Å²) in [5.74, 6) is 0. The monoisotopic (exact) mass is 201 g/mol. The molecule has 0 saturated carbocycles. The fourth-order valence-electron chi connectivity index (χ4n) is 2.52. The minimum atomic E-state index is 1.04. The third-order valence-corrected chi connectivity index (χ3v) is 3.37. The average Bonchev–Trinajstić information content (AvgIpc) is 2.56. The van der Waals surface area contributed by atoms with Crippen molar-refractivity contribution in [1.29, 1.82) is 0 Å². The summed E-state index contributed by atoms with van der Waals surface area (Å²) >= 11 is 0. The lowest BCUT2D eigenvalue weighted by atomic mass is 9.95. The largest absolute Gasteiger partial charge is 0.464 e. The van der Waals surface area contributed by atoms with Gasteiger partial charge in [-0.2, -0.15) is 0 Å². The zero-order valence-corrected chi connectivity index (χ0v) is 8.97. The summed E-state index contributed by atoms with van der Waals surface area (Å²) in [5, 5.41) is 4.71. The molecule has 78 valence electrons. The van der Waals surface area contributed by atoms with Gasteiger partial charge in [0.25, 0.3) is 0 Å². The van der Waals surface area contributed by atoms with Crippen molar-refractivity contribution in [2.75, 3.05) is 13.1 Å². The smallest absolute Gasteiger partial charge is 0.134 e. The van der Waals surface area contributed by atoms with Crippen molar-refractivity contribution in [1.82, 2.24) is 5.32 Å². The van der Waals surface area contributed by atoms with Crippen LogP contribution in [0.25, 0.3) is 11.0 Å². The number of aryl methyl sites for hydroxylation is 1. The van der Waals surface area contributed by atoms with Crippen molar-refractivity contribution in [3.63, 3.8) is 0 Å². The molecule has 2 heterocycles. The van der Waals surface area contributed by atoms with E-state index in [4.69, 9.17) is 4.42 Å². The molecule has 0 spiro atoms. The van der Waals surface area contributed by atoms with Gasteiger partial charge in [0.05, 0.1) is 6.26 Å². The molecule has 1 aliphatic rings. The Bertz CT molecular complexity index is 498. The first-order valence-electron chi connectivity index (χ1n) is 5.55. The Morgan fingerprint density at radius 1 is 1.27 bits per heavy atom. The first-order chi connectivity index (χ1) is 7.36. The molecule has 15 heavy (non-hydrogen) atoms. The van der Waals surface area contributed by atoms with E-state index >= 15 is 0 Å². The molecular weight excluding hydrogens is 186 g/mol. The number of furan rings is 1. The van der Waals surface area contributed by atoms with Crippen LogP contribution in [0.2, 0.25) is 0 Å². The van der Waals surface area contributed by atoms with Crippen molar-refractivity contribution in [2.45, 2.75) is 19.8 Å². The first-order valence-corrected chi connectivity index (χ1v) is 5.55. The minimum absolute atomic E-state index is 1.04. The van der Waals surface area contributed by atoms with Gasteiger partial charge in [-0.3, -0.25) is 0 Å². The quantitative estimate of drug-likeness (QED) is 0.708. The molecule has 1 N–H and O–H groups in total. The van der Waals surface area contributed by atoms with Crippen molar-refractivity contribution >= 4 is 11.0 Å². The summed E-state index contributed by atoms with van der Waals surface area (Å²) in [6, 6.07) is 4.29. The fourth-order valence-corrected chi connectivity index (χ4v) is 2.52. The Balaban J connectivity index is 2.28. The Kier molecular flexibility index (Phi) is 2.03. The number of benzene rings is 1. The lowest BCUT2D eigenvalue weighted by Crippen LogP contribution is -2.16. The van der Waals surface area contributed by atoms with Crippen LogP contribution in [-0.4, -0.2) is 13.1 Å². The lowest BCUT2D eigenvalue weighted by Gasteiger charge is -2.09. The second-order valence-electron chi connectivity index (χ2n) is 4.22. The lowest BCUT2D eigenvalue weighted by molar-refractivity contribution is 0.615. The second kappa shape index (κ2) is 3.38. The van der Waals surface area contributed by atoms with E-state index in [1.165, 1.54) is 22.1 Å². The predicted molar refractivity (Wildman–Crippen MR) is 61.2 cm³/mol. The third kappa shape index (κ3) is 1.37. The van der Waals surface area contributed by atoms with Gasteiger partial charge in [-0.1, -0.05) is 0 Å². The zero-order chi connectivity index (χ0) is 10.3. The number of nitrogens with one attached hydrogen (secondary N) is 1. The van der Waals surface area contributed by atoms with Crippen LogP contribution in [-0.2, 0) is 12.8 Å². The highest BCUT2D eigenvalue weighted by atomic mass is 16.3. The molecule has 0 aliphatic carbocycles. The van der Waals surface area contributed by atoms with E-state index in [1.54, 1.807) is 6.26 Å². The standard InChI is InChI=1S/C13H15NO/c1-9-11-3-6-14-5-2-10(11)8-13-12(9)4-7-15-13/h4,7-8,14H,2-3,5-6H2,1H3. The normalized spacial score (nSPS) is 16.3. The highest BCUT2D eigenvalue weighted by molar-refractivity contribution is 5.83. The van der Waals surface area contributed by atoms with Crippen molar-refractivity contribution in [3.05, 3.63) is 35.1 Å². The molecule has 0 amide bonds. The van der Waals surface area contributed by atoms with Crippen molar-refractivity contribution in [3.8, 4) is 0 Å². The van der Waals surface area contributed by atoms with E-state index in [0.29, 0.717) is 0 Å². The molecule has 1 aromatic carbocycles. The molecule has 1 aliphatic heterocycles. The zero-order valence-electron chi connectivity index (χ0n) is 8.97. The summed E-state index contributed by atoms with van der Waals surface area (Å²) in [4.78, 5) is 0. The Hall–Kier alpha value is -1.28. The fraction of sp³-hybridized carbons (Fsp3) is 0.385. The molecule has 0 radical (unpaired) electrons. The number of hydrogen-bond acceptors (Lipinski definition) is 2. The van der Waals surface area contributed by atoms with Gasteiger partial charge in [0.2, 0.25) is 0 Å². The van der Waals surface area contributed by atoms with Gasteiger partial charge in [0.1, 0.15) is 5.58 Å². The van der Waals surface area contributed by atoms with Gasteiger partial charge >= 0.3 is 0 Å². The van der Waals surface area contributed by atoms with Crippen LogP contribution in [0, 0.1) is 6.92 Å². The molecule has 2 heteroatoms. The summed E-state index contributed by atoms with van der Waals surface area (Å²) in [6.45, 7) is 4.39. The number of fused-ring (bicyclic) bond motifs is 2. The predicted octanol–water partition coefficient (Wildman–Crippen LogP) is 2.43. The average molecular weight is 201 g/mol. The maximum atomic E-state index is 5.49. The van der Waals surface area contributed by atoms with Gasteiger partial charge in [-0.05, 0) is 61.7 Å². The van der Waals surface area contributed by atoms with Crippen LogP contribution in [0.5, 0.6) is 0 Å². The number of rotatable bonds is 0. The number of hydrogen-bond donors (Lipinski definition) is 1. The molecule has 0 bridgehead atoms. The highest BCUT2D eigenvalue weighted by Gasteiger charge is 2.13. The summed E-state index contributed by atoms with van der Waals surface area (Å²) in [5.41, 5.74) is 5.42. The maximum Gasteiger partial charge on any atom is 0.134 e. The van der Waals surface area contributed by atoms with Crippen LogP contribution in [0.15, 0.2) is 22.8 Å². The summed E-state index contributed by atoms with van der Waals surface area (Å²) in [7, 11) is 0. The van der Waals surface area contributed by atoms with Crippen molar-refractivity contribution < 1.29 is 4.42 Å². The Labute approximate surface area is 89.3 Å².